The monoisotopic (exact) mass is 357 g/mol. The first-order valence-electron chi connectivity index (χ1n) is 8.65. The summed E-state index contributed by atoms with van der Waals surface area (Å²) in [6.07, 6.45) is 0. The predicted octanol–water partition coefficient (Wildman–Crippen LogP) is 4.82. The van der Waals surface area contributed by atoms with Gasteiger partial charge in [0.05, 0.1) is 33.5 Å². The fourth-order valence-corrected chi connectivity index (χ4v) is 3.50. The third kappa shape index (κ3) is 2.35. The smallest absolute Gasteiger partial charge is 0.181 e. The Balaban J connectivity index is 1.71. The number of aromatic nitrogens is 2. The van der Waals surface area contributed by atoms with Gasteiger partial charge in [0.15, 0.2) is 5.71 Å². The standard InChI is InChI=1S/C23H11N5/c1-25-28-22-18-5-3-2-4-17(18)21-23(22)26-19-11-10-16(12-20(19)27-21)15-8-6-14(13-24)7-9-15/h2-12H/b28-22-. The number of rotatable bonds is 1. The molecule has 0 bridgehead atoms. The maximum atomic E-state index is 8.97. The van der Waals surface area contributed by atoms with E-state index in [1.165, 1.54) is 0 Å². The van der Waals surface area contributed by atoms with Crippen molar-refractivity contribution in [3.63, 3.8) is 0 Å². The number of fused-ring (bicyclic) bond motifs is 4. The molecule has 28 heavy (non-hydrogen) atoms. The predicted molar refractivity (Wildman–Crippen MR) is 107 cm³/mol. The Labute approximate surface area is 161 Å². The summed E-state index contributed by atoms with van der Waals surface area (Å²) >= 11 is 0. The fraction of sp³-hybridized carbons (Fsp3) is 0. The third-order valence-electron chi connectivity index (χ3n) is 4.82. The summed E-state index contributed by atoms with van der Waals surface area (Å²) < 4.78 is 0. The van der Waals surface area contributed by atoms with Gasteiger partial charge in [0, 0.05) is 11.1 Å². The summed E-state index contributed by atoms with van der Waals surface area (Å²) in [4.78, 5) is 12.8. The molecule has 0 N–H and O–H groups in total. The van der Waals surface area contributed by atoms with E-state index in [2.05, 4.69) is 16.1 Å². The highest BCUT2D eigenvalue weighted by Crippen LogP contribution is 2.36. The average molecular weight is 357 g/mol. The Kier molecular flexibility index (Phi) is 3.47. The van der Waals surface area contributed by atoms with Gasteiger partial charge in [-0.25, -0.2) is 9.97 Å². The Morgan fingerprint density at radius 1 is 0.821 bits per heavy atom. The Bertz CT molecular complexity index is 1370. The van der Waals surface area contributed by atoms with Gasteiger partial charge in [-0.05, 0) is 35.4 Å². The lowest BCUT2D eigenvalue weighted by molar-refractivity contribution is 1.28. The minimum absolute atomic E-state index is 0.575. The highest BCUT2D eigenvalue weighted by molar-refractivity contribution is 6.23. The minimum atomic E-state index is 0.575. The van der Waals surface area contributed by atoms with Crippen molar-refractivity contribution in [3.05, 3.63) is 95.1 Å². The van der Waals surface area contributed by atoms with Crippen molar-refractivity contribution in [3.8, 4) is 28.5 Å². The summed E-state index contributed by atoms with van der Waals surface area (Å²) in [5.74, 6) is 0. The van der Waals surface area contributed by atoms with Crippen LogP contribution in [0.2, 0.25) is 0 Å². The molecule has 1 heterocycles. The van der Waals surface area contributed by atoms with Gasteiger partial charge >= 0.3 is 0 Å². The Morgan fingerprint density at radius 2 is 1.54 bits per heavy atom. The molecule has 3 aromatic carbocycles. The molecule has 0 aliphatic heterocycles. The van der Waals surface area contributed by atoms with E-state index in [4.69, 9.17) is 21.8 Å². The van der Waals surface area contributed by atoms with Gasteiger partial charge in [0.1, 0.15) is 5.69 Å². The average Bonchev–Trinajstić information content (AvgIpc) is 3.05. The number of hydrogen-bond donors (Lipinski definition) is 0. The zero-order valence-electron chi connectivity index (χ0n) is 14.6. The maximum Gasteiger partial charge on any atom is 0.181 e. The van der Waals surface area contributed by atoms with Gasteiger partial charge in [-0.2, -0.15) is 11.8 Å². The fourth-order valence-electron chi connectivity index (χ4n) is 3.50. The van der Waals surface area contributed by atoms with E-state index in [9.17, 15) is 0 Å². The van der Waals surface area contributed by atoms with E-state index in [1.54, 1.807) is 12.1 Å². The van der Waals surface area contributed by atoms with E-state index in [1.807, 2.05) is 54.6 Å². The quantitative estimate of drug-likeness (QED) is 0.319. The van der Waals surface area contributed by atoms with Crippen LogP contribution in [-0.2, 0) is 0 Å². The summed E-state index contributed by atoms with van der Waals surface area (Å²) in [6, 6.07) is 23.3. The van der Waals surface area contributed by atoms with E-state index >= 15 is 0 Å². The van der Waals surface area contributed by atoms with Crippen molar-refractivity contribution in [1.29, 1.82) is 5.26 Å². The Hall–Kier alpha value is -4.35. The molecule has 128 valence electrons. The number of hydrogen-bond acceptors (Lipinski definition) is 4. The van der Waals surface area contributed by atoms with Crippen LogP contribution in [0.3, 0.4) is 0 Å². The first-order valence-corrected chi connectivity index (χ1v) is 8.65. The molecule has 0 fully saturated rings. The third-order valence-corrected chi connectivity index (χ3v) is 4.82. The highest BCUT2D eigenvalue weighted by atomic mass is 15.2. The van der Waals surface area contributed by atoms with Gasteiger partial charge in [0.25, 0.3) is 0 Å². The second-order valence-corrected chi connectivity index (χ2v) is 6.41. The van der Waals surface area contributed by atoms with Gasteiger partial charge in [-0.15, -0.1) is 4.95 Å². The largest absolute Gasteiger partial charge is 0.244 e. The molecule has 1 aliphatic carbocycles. The molecule has 0 saturated carbocycles. The molecule has 1 aromatic heterocycles. The summed E-state index contributed by atoms with van der Waals surface area (Å²) in [7, 11) is 0. The SMILES string of the molecule is [C-]#[N+]/N=C1/c2ccccc2-c2nc3cc(-c4ccc(C#N)cc4)ccc3nc21. The van der Waals surface area contributed by atoms with Crippen molar-refractivity contribution >= 4 is 16.7 Å². The van der Waals surface area contributed by atoms with Gasteiger partial charge in [-0.3, -0.25) is 0 Å². The molecule has 5 nitrogen and oxygen atoms in total. The van der Waals surface area contributed by atoms with Gasteiger partial charge in [0.2, 0.25) is 0 Å². The van der Waals surface area contributed by atoms with Crippen LogP contribution in [0.1, 0.15) is 16.8 Å². The van der Waals surface area contributed by atoms with Crippen LogP contribution in [-0.4, -0.2) is 15.7 Å². The maximum absolute atomic E-state index is 8.97. The van der Waals surface area contributed by atoms with Crippen LogP contribution >= 0.6 is 0 Å². The molecular formula is C23H11N5. The number of benzene rings is 3. The minimum Gasteiger partial charge on any atom is -0.244 e. The first kappa shape index (κ1) is 15.9. The molecule has 4 aromatic rings. The highest BCUT2D eigenvalue weighted by Gasteiger charge is 2.30. The van der Waals surface area contributed by atoms with Crippen molar-refractivity contribution in [2.75, 3.05) is 0 Å². The normalized spacial score (nSPS) is 13.0. The number of nitriles is 1. The zero-order chi connectivity index (χ0) is 19.1. The van der Waals surface area contributed by atoms with Gasteiger partial charge < -0.3 is 0 Å². The molecule has 1 aliphatic rings. The van der Waals surface area contributed by atoms with E-state index < -0.39 is 0 Å². The molecule has 5 rings (SSSR count). The Morgan fingerprint density at radius 3 is 2.29 bits per heavy atom. The molecule has 0 atom stereocenters. The van der Waals surface area contributed by atoms with Crippen LogP contribution < -0.4 is 0 Å². The van der Waals surface area contributed by atoms with Crippen LogP contribution in [0.25, 0.3) is 38.4 Å². The van der Waals surface area contributed by atoms with Crippen LogP contribution in [0, 0.1) is 17.9 Å². The van der Waals surface area contributed by atoms with Gasteiger partial charge in [-0.1, -0.05) is 42.5 Å². The molecular weight excluding hydrogens is 346 g/mol. The number of nitrogens with zero attached hydrogens (tertiary/aromatic N) is 5. The molecule has 0 saturated heterocycles. The van der Waals surface area contributed by atoms with E-state index in [0.717, 1.165) is 39.0 Å². The van der Waals surface area contributed by atoms with Crippen molar-refractivity contribution < 1.29 is 0 Å². The first-order chi connectivity index (χ1) is 13.8. The van der Waals surface area contributed by atoms with Crippen molar-refractivity contribution in [1.82, 2.24) is 9.97 Å². The van der Waals surface area contributed by atoms with Crippen LogP contribution in [0.4, 0.5) is 0 Å². The molecule has 0 spiro atoms. The summed E-state index contributed by atoms with van der Waals surface area (Å²) in [5.41, 5.74) is 7.98. The topological polar surface area (TPSA) is 66.3 Å². The van der Waals surface area contributed by atoms with Crippen molar-refractivity contribution in [2.45, 2.75) is 0 Å². The lowest BCUT2D eigenvalue weighted by Crippen LogP contribution is -2.01. The van der Waals surface area contributed by atoms with Crippen molar-refractivity contribution in [2.24, 2.45) is 5.10 Å². The molecule has 5 heteroatoms. The second-order valence-electron chi connectivity index (χ2n) is 6.41. The van der Waals surface area contributed by atoms with Crippen LogP contribution in [0.5, 0.6) is 0 Å². The lowest BCUT2D eigenvalue weighted by Gasteiger charge is -2.06. The van der Waals surface area contributed by atoms with E-state index in [-0.39, 0.29) is 0 Å². The lowest BCUT2D eigenvalue weighted by atomic mass is 10.0. The molecule has 0 amide bonds. The zero-order valence-corrected chi connectivity index (χ0v) is 14.6. The van der Waals surface area contributed by atoms with E-state index in [0.29, 0.717) is 17.0 Å². The summed E-state index contributed by atoms with van der Waals surface area (Å²) in [5, 5.41) is 12.9. The van der Waals surface area contributed by atoms with Crippen LogP contribution in [0.15, 0.2) is 71.8 Å². The summed E-state index contributed by atoms with van der Waals surface area (Å²) in [6.45, 7) is 7.13. The second kappa shape index (κ2) is 6.12. The molecule has 0 unspecified atom stereocenters. The molecule has 0 radical (unpaired) electrons.